The molecule has 21 heavy (non-hydrogen) atoms. The molecular formula is C15H20N4O2. The number of aromatic nitrogens is 2. The van der Waals surface area contributed by atoms with Crippen LogP contribution in [0.1, 0.15) is 5.56 Å². The molecule has 2 N–H and O–H groups in total. The van der Waals surface area contributed by atoms with Gasteiger partial charge in [-0.1, -0.05) is 12.1 Å². The van der Waals surface area contributed by atoms with Crippen molar-refractivity contribution in [3.05, 3.63) is 48.5 Å². The van der Waals surface area contributed by atoms with Gasteiger partial charge in [-0.15, -0.1) is 0 Å². The van der Waals surface area contributed by atoms with E-state index in [1.165, 1.54) is 10.9 Å². The lowest BCUT2D eigenvalue weighted by molar-refractivity contribution is 0.233. The van der Waals surface area contributed by atoms with Gasteiger partial charge in [0.15, 0.2) is 0 Å². The maximum atomic E-state index is 11.9. The van der Waals surface area contributed by atoms with Crippen LogP contribution in [0.4, 0.5) is 4.79 Å². The third kappa shape index (κ3) is 4.32. The number of benzene rings is 1. The van der Waals surface area contributed by atoms with Gasteiger partial charge in [-0.2, -0.15) is 0 Å². The Labute approximate surface area is 124 Å². The second-order valence-corrected chi connectivity index (χ2v) is 5.14. The molecule has 0 aliphatic heterocycles. The molecule has 1 heterocycles. The summed E-state index contributed by atoms with van der Waals surface area (Å²) in [6, 6.07) is 7.11. The van der Waals surface area contributed by atoms with E-state index in [0.717, 1.165) is 12.0 Å². The molecule has 2 aromatic rings. The monoisotopic (exact) mass is 288 g/mol. The predicted molar refractivity (Wildman–Crippen MR) is 80.3 cm³/mol. The van der Waals surface area contributed by atoms with Crippen LogP contribution in [-0.2, 0) is 6.42 Å². The Kier molecular flexibility index (Phi) is 4.94. The molecule has 0 aliphatic carbocycles. The van der Waals surface area contributed by atoms with Gasteiger partial charge in [-0.3, -0.25) is 4.57 Å². The van der Waals surface area contributed by atoms with E-state index < -0.39 is 0 Å². The highest BCUT2D eigenvalue weighted by Crippen LogP contribution is 2.12. The van der Waals surface area contributed by atoms with Gasteiger partial charge in [0.25, 0.3) is 0 Å². The van der Waals surface area contributed by atoms with Gasteiger partial charge in [-0.05, 0) is 38.2 Å². The molecule has 0 bridgehead atoms. The van der Waals surface area contributed by atoms with E-state index in [4.69, 9.17) is 0 Å². The van der Waals surface area contributed by atoms with Gasteiger partial charge in [0.05, 0.1) is 0 Å². The second kappa shape index (κ2) is 6.90. The number of imidazole rings is 1. The van der Waals surface area contributed by atoms with Crippen molar-refractivity contribution in [1.82, 2.24) is 19.8 Å². The van der Waals surface area contributed by atoms with Crippen LogP contribution in [0, 0.1) is 0 Å². The highest BCUT2D eigenvalue weighted by atomic mass is 16.3. The number of phenols is 1. The highest BCUT2D eigenvalue weighted by molar-refractivity contribution is 5.76. The van der Waals surface area contributed by atoms with Crippen LogP contribution in [0.5, 0.6) is 5.75 Å². The standard InChI is InChI=1S/C15H20N4O2/c1-18(2)13(9-12-3-5-14(20)6-4-12)10-17-15(21)19-8-7-16-11-19/h3-8,11,13,20H,9-10H2,1-2H3,(H,17,21)/t13-/m0/s1. The van der Waals surface area contributed by atoms with E-state index in [-0.39, 0.29) is 17.8 Å². The Balaban J connectivity index is 1.93. The van der Waals surface area contributed by atoms with E-state index in [9.17, 15) is 9.90 Å². The molecule has 6 nitrogen and oxygen atoms in total. The molecule has 1 amide bonds. The van der Waals surface area contributed by atoms with Crippen molar-refractivity contribution < 1.29 is 9.90 Å². The smallest absolute Gasteiger partial charge is 0.326 e. The van der Waals surface area contributed by atoms with Crippen LogP contribution < -0.4 is 5.32 Å². The molecule has 6 heteroatoms. The zero-order valence-electron chi connectivity index (χ0n) is 12.2. The highest BCUT2D eigenvalue weighted by Gasteiger charge is 2.14. The van der Waals surface area contributed by atoms with Crippen LogP contribution in [0.3, 0.4) is 0 Å². The quantitative estimate of drug-likeness (QED) is 0.870. The average molecular weight is 288 g/mol. The number of carbonyl (C=O) groups excluding carboxylic acids is 1. The van der Waals surface area contributed by atoms with Crippen LogP contribution in [-0.4, -0.2) is 52.3 Å². The summed E-state index contributed by atoms with van der Waals surface area (Å²) in [4.78, 5) is 17.8. The molecule has 0 radical (unpaired) electrons. The predicted octanol–water partition coefficient (Wildman–Crippen LogP) is 1.32. The molecule has 0 unspecified atom stereocenters. The lowest BCUT2D eigenvalue weighted by Crippen LogP contribution is -2.42. The Morgan fingerprint density at radius 3 is 2.67 bits per heavy atom. The minimum Gasteiger partial charge on any atom is -0.508 e. The van der Waals surface area contributed by atoms with Crippen molar-refractivity contribution in [3.8, 4) is 5.75 Å². The molecule has 1 aromatic heterocycles. The maximum Gasteiger partial charge on any atom is 0.326 e. The summed E-state index contributed by atoms with van der Waals surface area (Å²) >= 11 is 0. The van der Waals surface area contributed by atoms with Gasteiger partial charge in [0.2, 0.25) is 0 Å². The van der Waals surface area contributed by atoms with E-state index in [1.54, 1.807) is 24.5 Å². The minimum atomic E-state index is -0.190. The molecule has 2 rings (SSSR count). The van der Waals surface area contributed by atoms with E-state index in [1.807, 2.05) is 26.2 Å². The fourth-order valence-corrected chi connectivity index (χ4v) is 2.02. The summed E-state index contributed by atoms with van der Waals surface area (Å²) < 4.78 is 1.41. The number of phenolic OH excluding ortho intramolecular Hbond substituents is 1. The number of aromatic hydroxyl groups is 1. The summed E-state index contributed by atoms with van der Waals surface area (Å²) in [6.07, 6.45) is 5.44. The number of rotatable bonds is 5. The summed E-state index contributed by atoms with van der Waals surface area (Å²) in [5, 5.41) is 12.2. The van der Waals surface area contributed by atoms with E-state index >= 15 is 0 Å². The molecule has 1 atom stereocenters. The fourth-order valence-electron chi connectivity index (χ4n) is 2.02. The summed E-state index contributed by atoms with van der Waals surface area (Å²) in [6.45, 7) is 0.533. The van der Waals surface area contributed by atoms with Gasteiger partial charge in [-0.25, -0.2) is 9.78 Å². The fraction of sp³-hybridized carbons (Fsp3) is 0.333. The maximum absolute atomic E-state index is 11.9. The van der Waals surface area contributed by atoms with Crippen LogP contribution in [0.15, 0.2) is 43.0 Å². The first-order chi connectivity index (χ1) is 10.1. The molecule has 0 saturated heterocycles. The lowest BCUT2D eigenvalue weighted by atomic mass is 10.1. The minimum absolute atomic E-state index is 0.169. The average Bonchev–Trinajstić information content (AvgIpc) is 2.99. The summed E-state index contributed by atoms with van der Waals surface area (Å²) in [7, 11) is 3.96. The Morgan fingerprint density at radius 1 is 1.38 bits per heavy atom. The number of likely N-dealkylation sites (N-methyl/N-ethyl adjacent to an activating group) is 1. The number of amides is 1. The first-order valence-electron chi connectivity index (χ1n) is 6.77. The van der Waals surface area contributed by atoms with Crippen molar-refractivity contribution in [2.75, 3.05) is 20.6 Å². The first kappa shape index (κ1) is 15.1. The number of carbonyl (C=O) groups is 1. The van der Waals surface area contributed by atoms with Crippen molar-refractivity contribution >= 4 is 6.03 Å². The Morgan fingerprint density at radius 2 is 2.10 bits per heavy atom. The van der Waals surface area contributed by atoms with Crippen LogP contribution >= 0.6 is 0 Å². The van der Waals surface area contributed by atoms with Crippen molar-refractivity contribution in [3.63, 3.8) is 0 Å². The zero-order chi connectivity index (χ0) is 15.2. The molecular weight excluding hydrogens is 268 g/mol. The van der Waals surface area contributed by atoms with Crippen LogP contribution in [0.25, 0.3) is 0 Å². The number of nitrogens with one attached hydrogen (secondary N) is 1. The van der Waals surface area contributed by atoms with Gasteiger partial charge < -0.3 is 15.3 Å². The van der Waals surface area contributed by atoms with Crippen molar-refractivity contribution in [2.45, 2.75) is 12.5 Å². The number of nitrogens with zero attached hydrogens (tertiary/aromatic N) is 3. The number of hydrogen-bond donors (Lipinski definition) is 2. The normalized spacial score (nSPS) is 12.3. The zero-order valence-corrected chi connectivity index (χ0v) is 12.2. The molecule has 0 saturated carbocycles. The van der Waals surface area contributed by atoms with Gasteiger partial charge >= 0.3 is 6.03 Å². The molecule has 0 spiro atoms. The second-order valence-electron chi connectivity index (χ2n) is 5.14. The van der Waals surface area contributed by atoms with Gasteiger partial charge in [0, 0.05) is 25.0 Å². The van der Waals surface area contributed by atoms with Gasteiger partial charge in [0.1, 0.15) is 12.1 Å². The van der Waals surface area contributed by atoms with Crippen molar-refractivity contribution in [2.24, 2.45) is 0 Å². The third-order valence-electron chi connectivity index (χ3n) is 3.37. The topological polar surface area (TPSA) is 70.4 Å². The largest absolute Gasteiger partial charge is 0.508 e. The van der Waals surface area contributed by atoms with E-state index in [2.05, 4.69) is 15.2 Å². The number of hydrogen-bond acceptors (Lipinski definition) is 4. The Bertz CT molecular complexity index is 564. The van der Waals surface area contributed by atoms with E-state index in [0.29, 0.717) is 6.54 Å². The molecule has 1 aromatic carbocycles. The summed E-state index contributed by atoms with van der Waals surface area (Å²) in [5.74, 6) is 0.258. The lowest BCUT2D eigenvalue weighted by Gasteiger charge is -2.24. The molecule has 0 aliphatic rings. The van der Waals surface area contributed by atoms with Crippen molar-refractivity contribution in [1.29, 1.82) is 0 Å². The molecule has 0 fully saturated rings. The summed E-state index contributed by atoms with van der Waals surface area (Å²) in [5.41, 5.74) is 1.11. The molecule has 112 valence electrons. The third-order valence-corrected chi connectivity index (χ3v) is 3.37. The first-order valence-corrected chi connectivity index (χ1v) is 6.77. The van der Waals surface area contributed by atoms with Crippen LogP contribution in [0.2, 0.25) is 0 Å². The Hall–Kier alpha value is -2.34. The SMILES string of the molecule is CN(C)[C@H](CNC(=O)n1ccnc1)Cc1ccc(O)cc1.